The van der Waals surface area contributed by atoms with Crippen LogP contribution in [0.3, 0.4) is 0 Å². The molecule has 0 radical (unpaired) electrons. The minimum Gasteiger partial charge on any atom is -0.336 e. The van der Waals surface area contributed by atoms with E-state index in [1.807, 2.05) is 0 Å². The fourth-order valence-electron chi connectivity index (χ4n) is 2.05. The lowest BCUT2D eigenvalue weighted by Gasteiger charge is -2.14. The highest BCUT2D eigenvalue weighted by Crippen LogP contribution is 2.31. The zero-order chi connectivity index (χ0) is 18.0. The van der Waals surface area contributed by atoms with E-state index in [2.05, 4.69) is 15.8 Å². The maximum absolute atomic E-state index is 14.2. The van der Waals surface area contributed by atoms with Crippen molar-refractivity contribution in [1.82, 2.24) is 10.5 Å². The Morgan fingerprint density at radius 3 is 2.76 bits per heavy atom. The van der Waals surface area contributed by atoms with E-state index in [-0.39, 0.29) is 21.4 Å². The number of hydroxylamine groups is 1. The van der Waals surface area contributed by atoms with Crippen molar-refractivity contribution in [3.8, 4) is 0 Å². The lowest BCUT2D eigenvalue weighted by molar-refractivity contribution is 0.0270. The SMILES string of the molecule is O=C(NOCC1CC1)c1ccc(F)c(F)c1Nc1ncc(Cl)cc1Cl. The van der Waals surface area contributed by atoms with Crippen LogP contribution in [0.15, 0.2) is 24.4 Å². The molecule has 0 aliphatic heterocycles. The van der Waals surface area contributed by atoms with Crippen molar-refractivity contribution in [1.29, 1.82) is 0 Å². The van der Waals surface area contributed by atoms with Crippen molar-refractivity contribution in [2.24, 2.45) is 5.92 Å². The van der Waals surface area contributed by atoms with E-state index in [4.69, 9.17) is 28.0 Å². The number of pyridine rings is 1. The van der Waals surface area contributed by atoms with Crippen molar-refractivity contribution in [3.63, 3.8) is 0 Å². The van der Waals surface area contributed by atoms with Gasteiger partial charge in [0.05, 0.1) is 27.9 Å². The van der Waals surface area contributed by atoms with E-state index >= 15 is 0 Å². The van der Waals surface area contributed by atoms with E-state index in [9.17, 15) is 13.6 Å². The van der Waals surface area contributed by atoms with Gasteiger partial charge in [-0.2, -0.15) is 0 Å². The average Bonchev–Trinajstić information content (AvgIpc) is 3.38. The average molecular weight is 388 g/mol. The summed E-state index contributed by atoms with van der Waals surface area (Å²) < 4.78 is 27.8. The molecule has 1 aromatic heterocycles. The van der Waals surface area contributed by atoms with Crippen LogP contribution in [0.5, 0.6) is 0 Å². The maximum Gasteiger partial charge on any atom is 0.277 e. The van der Waals surface area contributed by atoms with E-state index < -0.39 is 23.2 Å². The van der Waals surface area contributed by atoms with Gasteiger partial charge in [-0.3, -0.25) is 9.63 Å². The van der Waals surface area contributed by atoms with Crippen LogP contribution in [0.4, 0.5) is 20.3 Å². The topological polar surface area (TPSA) is 63.2 Å². The van der Waals surface area contributed by atoms with Gasteiger partial charge >= 0.3 is 0 Å². The highest BCUT2D eigenvalue weighted by atomic mass is 35.5. The van der Waals surface area contributed by atoms with Gasteiger partial charge in [0.15, 0.2) is 11.6 Å². The third kappa shape index (κ3) is 4.36. The molecule has 1 amide bonds. The number of rotatable bonds is 6. The second-order valence-electron chi connectivity index (χ2n) is 5.58. The summed E-state index contributed by atoms with van der Waals surface area (Å²) in [6.45, 7) is 0.378. The molecule has 1 saturated carbocycles. The fourth-order valence-corrected chi connectivity index (χ4v) is 2.48. The third-order valence-corrected chi connectivity index (χ3v) is 4.07. The molecule has 25 heavy (non-hydrogen) atoms. The minimum absolute atomic E-state index is 0.0310. The van der Waals surface area contributed by atoms with Gasteiger partial charge in [0.2, 0.25) is 0 Å². The molecule has 9 heteroatoms. The van der Waals surface area contributed by atoms with Gasteiger partial charge in [0, 0.05) is 6.20 Å². The van der Waals surface area contributed by atoms with Gasteiger partial charge in [-0.25, -0.2) is 19.2 Å². The molecule has 1 heterocycles. The Hall–Kier alpha value is -1.96. The number of hydrogen-bond acceptors (Lipinski definition) is 4. The van der Waals surface area contributed by atoms with Crippen molar-refractivity contribution in [3.05, 3.63) is 51.6 Å². The molecule has 1 aliphatic carbocycles. The minimum atomic E-state index is -1.23. The molecule has 132 valence electrons. The number of hydrogen-bond donors (Lipinski definition) is 2. The van der Waals surface area contributed by atoms with E-state index in [0.717, 1.165) is 25.0 Å². The Balaban J connectivity index is 1.85. The van der Waals surface area contributed by atoms with Crippen LogP contribution < -0.4 is 10.8 Å². The summed E-state index contributed by atoms with van der Waals surface area (Å²) in [6, 6.07) is 3.38. The largest absolute Gasteiger partial charge is 0.336 e. The van der Waals surface area contributed by atoms with Gasteiger partial charge in [-0.1, -0.05) is 23.2 Å². The van der Waals surface area contributed by atoms with Crippen molar-refractivity contribution in [2.45, 2.75) is 12.8 Å². The summed E-state index contributed by atoms with van der Waals surface area (Å²) in [7, 11) is 0. The molecule has 1 fully saturated rings. The molecule has 0 bridgehead atoms. The standard InChI is InChI=1S/C16H13Cl2F2N3O2/c17-9-5-11(18)15(21-6-9)22-14-10(3-4-12(19)13(14)20)16(24)23-25-7-8-1-2-8/h3-6,8H,1-2,7H2,(H,21,22)(H,23,24). The summed E-state index contributed by atoms with van der Waals surface area (Å²) in [4.78, 5) is 21.2. The summed E-state index contributed by atoms with van der Waals surface area (Å²) in [5.74, 6) is -2.61. The van der Waals surface area contributed by atoms with Crippen LogP contribution in [0.1, 0.15) is 23.2 Å². The van der Waals surface area contributed by atoms with Crippen LogP contribution in [-0.4, -0.2) is 17.5 Å². The van der Waals surface area contributed by atoms with Gasteiger partial charge in [-0.15, -0.1) is 0 Å². The Kier molecular flexibility index (Phi) is 5.36. The first-order valence-electron chi connectivity index (χ1n) is 7.44. The Bertz CT molecular complexity index is 816. The number of carbonyl (C=O) groups is 1. The smallest absolute Gasteiger partial charge is 0.277 e. The zero-order valence-corrected chi connectivity index (χ0v) is 14.3. The Morgan fingerprint density at radius 1 is 1.32 bits per heavy atom. The van der Waals surface area contributed by atoms with Crippen LogP contribution in [0.2, 0.25) is 10.0 Å². The molecule has 1 aromatic carbocycles. The maximum atomic E-state index is 14.2. The number of amides is 1. The Labute approximate surface area is 152 Å². The van der Waals surface area contributed by atoms with Crippen LogP contribution in [-0.2, 0) is 4.84 Å². The molecule has 5 nitrogen and oxygen atoms in total. The lowest BCUT2D eigenvalue weighted by Crippen LogP contribution is -2.26. The second kappa shape index (κ2) is 7.51. The predicted octanol–water partition coefficient (Wildman–Crippen LogP) is 4.48. The first kappa shape index (κ1) is 17.8. The van der Waals surface area contributed by atoms with Crippen LogP contribution >= 0.6 is 23.2 Å². The number of halogens is 4. The number of anilines is 2. The molecule has 0 spiro atoms. The van der Waals surface area contributed by atoms with E-state index in [1.54, 1.807) is 0 Å². The Morgan fingerprint density at radius 2 is 2.08 bits per heavy atom. The number of nitrogens with one attached hydrogen (secondary N) is 2. The summed E-state index contributed by atoms with van der Waals surface area (Å²) >= 11 is 11.7. The lowest BCUT2D eigenvalue weighted by atomic mass is 10.1. The molecule has 1 aliphatic rings. The van der Waals surface area contributed by atoms with Crippen molar-refractivity contribution < 1.29 is 18.4 Å². The summed E-state index contributed by atoms with van der Waals surface area (Å²) in [5, 5.41) is 2.91. The van der Waals surface area contributed by atoms with Crippen LogP contribution in [0.25, 0.3) is 0 Å². The molecular formula is C16H13Cl2F2N3O2. The quantitative estimate of drug-likeness (QED) is 0.717. The molecular weight excluding hydrogens is 375 g/mol. The molecule has 0 saturated heterocycles. The van der Waals surface area contributed by atoms with Gasteiger partial charge in [0.25, 0.3) is 5.91 Å². The fraction of sp³-hybridized carbons (Fsp3) is 0.250. The van der Waals surface area contributed by atoms with Gasteiger partial charge < -0.3 is 5.32 Å². The monoisotopic (exact) mass is 387 g/mol. The van der Waals surface area contributed by atoms with Crippen LogP contribution in [0, 0.1) is 17.6 Å². The third-order valence-electron chi connectivity index (χ3n) is 3.57. The first-order valence-corrected chi connectivity index (χ1v) is 8.19. The van der Waals surface area contributed by atoms with E-state index in [1.165, 1.54) is 12.3 Å². The second-order valence-corrected chi connectivity index (χ2v) is 6.42. The van der Waals surface area contributed by atoms with Crippen molar-refractivity contribution in [2.75, 3.05) is 11.9 Å². The number of carbonyl (C=O) groups excluding carboxylic acids is 1. The molecule has 3 rings (SSSR count). The van der Waals surface area contributed by atoms with Gasteiger partial charge in [-0.05, 0) is 37.0 Å². The predicted molar refractivity (Wildman–Crippen MR) is 90.0 cm³/mol. The number of nitrogens with zero attached hydrogens (tertiary/aromatic N) is 1. The van der Waals surface area contributed by atoms with E-state index in [0.29, 0.717) is 12.5 Å². The zero-order valence-electron chi connectivity index (χ0n) is 12.8. The normalized spacial score (nSPS) is 13.6. The molecule has 2 aromatic rings. The first-order chi connectivity index (χ1) is 12.0. The summed E-state index contributed by atoms with van der Waals surface area (Å²) in [5.41, 5.74) is 1.68. The highest BCUT2D eigenvalue weighted by Gasteiger charge is 2.23. The number of benzene rings is 1. The molecule has 2 N–H and O–H groups in total. The summed E-state index contributed by atoms with van der Waals surface area (Å²) in [6.07, 6.45) is 3.38. The molecule has 0 atom stereocenters. The number of aromatic nitrogens is 1. The van der Waals surface area contributed by atoms with Crippen molar-refractivity contribution >= 4 is 40.6 Å². The molecule has 0 unspecified atom stereocenters. The van der Waals surface area contributed by atoms with Gasteiger partial charge in [0.1, 0.15) is 5.82 Å². The highest BCUT2D eigenvalue weighted by molar-refractivity contribution is 6.36.